The molecule has 1 N–H and O–H groups in total. The van der Waals surface area contributed by atoms with Gasteiger partial charge < -0.3 is 19.2 Å². The van der Waals surface area contributed by atoms with Crippen LogP contribution >= 0.6 is 0 Å². The monoisotopic (exact) mass is 291 g/mol. The van der Waals surface area contributed by atoms with E-state index < -0.39 is 5.97 Å². The van der Waals surface area contributed by atoms with Gasteiger partial charge in [-0.25, -0.2) is 4.79 Å². The molecule has 5 nitrogen and oxygen atoms in total. The molecule has 0 spiro atoms. The highest BCUT2D eigenvalue weighted by Gasteiger charge is 2.15. The zero-order chi connectivity index (χ0) is 15.4. The van der Waals surface area contributed by atoms with Crippen molar-refractivity contribution in [3.05, 3.63) is 23.9 Å². The molecule has 0 unspecified atom stereocenters. The first-order valence-corrected chi connectivity index (χ1v) is 7.09. The molecule has 0 saturated carbocycles. The Balaban J connectivity index is 2.48. The number of carbonyl (C=O) groups is 1. The van der Waals surface area contributed by atoms with Crippen molar-refractivity contribution in [2.75, 3.05) is 13.7 Å². The highest BCUT2D eigenvalue weighted by Crippen LogP contribution is 2.32. The lowest BCUT2D eigenvalue weighted by atomic mass is 10.2. The van der Waals surface area contributed by atoms with E-state index >= 15 is 0 Å². The molecule has 0 aliphatic heterocycles. The topological polar surface area (TPSA) is 60.6 Å². The van der Waals surface area contributed by atoms with Crippen molar-refractivity contribution in [2.24, 2.45) is 0 Å². The van der Waals surface area contributed by atoms with Gasteiger partial charge in [0, 0.05) is 17.5 Å². The van der Waals surface area contributed by atoms with Crippen molar-refractivity contribution in [2.45, 2.75) is 33.3 Å². The van der Waals surface area contributed by atoms with E-state index in [1.165, 1.54) is 7.11 Å². The summed E-state index contributed by atoms with van der Waals surface area (Å²) in [5.74, 6) is 1.01. The van der Waals surface area contributed by atoms with Crippen LogP contribution in [0.2, 0.25) is 0 Å². The lowest BCUT2D eigenvalue weighted by Gasteiger charge is -2.13. The van der Waals surface area contributed by atoms with Crippen molar-refractivity contribution in [3.63, 3.8) is 0 Å². The second-order valence-corrected chi connectivity index (χ2v) is 5.07. The fourth-order valence-electron chi connectivity index (χ4n) is 2.05. The molecular weight excluding hydrogens is 270 g/mol. The maximum atomic E-state index is 11.6. The fraction of sp³-hybridized carbons (Fsp3) is 0.438. The van der Waals surface area contributed by atoms with E-state index in [1.54, 1.807) is 6.07 Å². The predicted molar refractivity (Wildman–Crippen MR) is 81.2 cm³/mol. The highest BCUT2D eigenvalue weighted by atomic mass is 16.5. The van der Waals surface area contributed by atoms with E-state index in [0.717, 1.165) is 23.1 Å². The quantitative estimate of drug-likeness (QED) is 0.827. The van der Waals surface area contributed by atoms with Crippen molar-refractivity contribution >= 4 is 16.9 Å². The number of rotatable bonds is 6. The zero-order valence-corrected chi connectivity index (χ0v) is 12.9. The van der Waals surface area contributed by atoms with Crippen LogP contribution in [-0.2, 0) is 4.74 Å². The molecule has 0 bridgehead atoms. The maximum absolute atomic E-state index is 11.6. The largest absolute Gasteiger partial charge is 0.493 e. The van der Waals surface area contributed by atoms with Crippen LogP contribution in [0.1, 0.15) is 37.7 Å². The number of fused-ring (bicyclic) bond motifs is 1. The summed E-state index contributed by atoms with van der Waals surface area (Å²) in [6, 6.07) is 5.46. The fourth-order valence-corrected chi connectivity index (χ4v) is 2.05. The molecule has 0 aliphatic carbocycles. The number of hydrogen-bond donors (Lipinski definition) is 1. The van der Waals surface area contributed by atoms with E-state index in [1.807, 2.05) is 32.9 Å². The molecule has 1 aromatic carbocycles. The lowest BCUT2D eigenvalue weighted by molar-refractivity contribution is 0.0595. The molecule has 0 saturated heterocycles. The molecule has 1 aromatic heterocycles. The van der Waals surface area contributed by atoms with E-state index in [-0.39, 0.29) is 6.10 Å². The summed E-state index contributed by atoms with van der Waals surface area (Å²) in [4.78, 5) is 14.7. The number of H-pyrrole nitrogens is 1. The Hall–Kier alpha value is -2.17. The predicted octanol–water partition coefficient (Wildman–Crippen LogP) is 3.53. The molecule has 0 aliphatic rings. The summed E-state index contributed by atoms with van der Waals surface area (Å²) >= 11 is 0. The molecule has 2 rings (SSSR count). The van der Waals surface area contributed by atoms with Gasteiger partial charge in [-0.15, -0.1) is 0 Å². The van der Waals surface area contributed by atoms with Gasteiger partial charge in [0.1, 0.15) is 17.2 Å². The number of methoxy groups -OCH3 is 1. The molecule has 2 aromatic rings. The van der Waals surface area contributed by atoms with Crippen molar-refractivity contribution < 1.29 is 19.0 Å². The number of carbonyl (C=O) groups excluding carboxylic acids is 1. The average Bonchev–Trinajstić information content (AvgIpc) is 2.88. The van der Waals surface area contributed by atoms with Gasteiger partial charge in [0.2, 0.25) is 0 Å². The Labute approximate surface area is 124 Å². The van der Waals surface area contributed by atoms with E-state index in [2.05, 4.69) is 4.98 Å². The number of aromatic amines is 1. The smallest absolute Gasteiger partial charge is 0.354 e. The van der Waals surface area contributed by atoms with Crippen molar-refractivity contribution in [1.82, 2.24) is 4.98 Å². The third kappa shape index (κ3) is 3.48. The molecular formula is C16H21NO4. The van der Waals surface area contributed by atoms with Gasteiger partial charge in [-0.1, -0.05) is 6.92 Å². The Morgan fingerprint density at radius 2 is 2.05 bits per heavy atom. The van der Waals surface area contributed by atoms with Crippen LogP contribution in [0.5, 0.6) is 11.5 Å². The third-order valence-electron chi connectivity index (χ3n) is 2.91. The Morgan fingerprint density at radius 3 is 2.67 bits per heavy atom. The zero-order valence-electron chi connectivity index (χ0n) is 12.9. The minimum atomic E-state index is -0.405. The molecule has 21 heavy (non-hydrogen) atoms. The van der Waals surface area contributed by atoms with Crippen LogP contribution in [0.3, 0.4) is 0 Å². The van der Waals surface area contributed by atoms with E-state index in [9.17, 15) is 4.79 Å². The van der Waals surface area contributed by atoms with Crippen LogP contribution in [0.15, 0.2) is 18.2 Å². The van der Waals surface area contributed by atoms with Gasteiger partial charge in [-0.05, 0) is 26.3 Å². The number of nitrogens with one attached hydrogen (secondary N) is 1. The first kappa shape index (κ1) is 15.2. The average molecular weight is 291 g/mol. The SMILES string of the molecule is CCCOc1cc(OC(C)C)c2cc(C(=O)OC)[nH]c2c1. The van der Waals surface area contributed by atoms with Crippen molar-refractivity contribution in [3.8, 4) is 11.5 Å². The summed E-state index contributed by atoms with van der Waals surface area (Å²) in [5.41, 5.74) is 1.19. The van der Waals surface area contributed by atoms with Crippen molar-refractivity contribution in [1.29, 1.82) is 0 Å². The Bertz CT molecular complexity index is 630. The highest BCUT2D eigenvalue weighted by molar-refractivity contribution is 5.97. The normalized spacial score (nSPS) is 10.9. The Kier molecular flexibility index (Phi) is 4.73. The number of esters is 1. The second-order valence-electron chi connectivity index (χ2n) is 5.07. The van der Waals surface area contributed by atoms with E-state index in [0.29, 0.717) is 18.1 Å². The van der Waals surface area contributed by atoms with Gasteiger partial charge in [-0.3, -0.25) is 0 Å². The molecule has 5 heteroatoms. The van der Waals surface area contributed by atoms with Gasteiger partial charge in [0.25, 0.3) is 0 Å². The minimum Gasteiger partial charge on any atom is -0.493 e. The first-order valence-electron chi connectivity index (χ1n) is 7.09. The summed E-state index contributed by atoms with van der Waals surface area (Å²) in [6.07, 6.45) is 0.961. The number of hydrogen-bond acceptors (Lipinski definition) is 4. The van der Waals surface area contributed by atoms with Crippen LogP contribution < -0.4 is 9.47 Å². The van der Waals surface area contributed by atoms with Crippen LogP contribution in [-0.4, -0.2) is 30.8 Å². The molecule has 0 fully saturated rings. The summed E-state index contributed by atoms with van der Waals surface area (Å²) in [6.45, 7) is 6.60. The molecule has 1 heterocycles. The Morgan fingerprint density at radius 1 is 1.29 bits per heavy atom. The van der Waals surface area contributed by atoms with Gasteiger partial charge >= 0.3 is 5.97 Å². The first-order chi connectivity index (χ1) is 10.0. The maximum Gasteiger partial charge on any atom is 0.354 e. The number of benzene rings is 1. The van der Waals surface area contributed by atoms with Crippen LogP contribution in [0, 0.1) is 0 Å². The van der Waals surface area contributed by atoms with Crippen LogP contribution in [0.4, 0.5) is 0 Å². The minimum absolute atomic E-state index is 0.0334. The number of ether oxygens (including phenoxy) is 3. The van der Waals surface area contributed by atoms with Gasteiger partial charge in [0.15, 0.2) is 0 Å². The molecule has 0 radical (unpaired) electrons. The summed E-state index contributed by atoms with van der Waals surface area (Å²) in [7, 11) is 1.36. The standard InChI is InChI=1S/C16H21NO4/c1-5-6-20-11-7-13-12(15(8-11)21-10(2)3)9-14(17-13)16(18)19-4/h7-10,17H,5-6H2,1-4H3. The van der Waals surface area contributed by atoms with E-state index in [4.69, 9.17) is 14.2 Å². The third-order valence-corrected chi connectivity index (χ3v) is 2.91. The molecule has 114 valence electrons. The summed E-state index contributed by atoms with van der Waals surface area (Å²) < 4.78 is 16.2. The molecule has 0 amide bonds. The lowest BCUT2D eigenvalue weighted by Crippen LogP contribution is -2.06. The second kappa shape index (κ2) is 6.52. The number of aromatic nitrogens is 1. The summed E-state index contributed by atoms with van der Waals surface area (Å²) in [5, 5.41) is 0.841. The van der Waals surface area contributed by atoms with Gasteiger partial charge in [-0.2, -0.15) is 0 Å². The van der Waals surface area contributed by atoms with Crippen LogP contribution in [0.25, 0.3) is 10.9 Å². The van der Waals surface area contributed by atoms with Gasteiger partial charge in [0.05, 0.1) is 25.3 Å². The molecule has 0 atom stereocenters.